The van der Waals surface area contributed by atoms with E-state index >= 15 is 0 Å². The molecule has 0 aromatic rings. The first kappa shape index (κ1) is 8.69. The molecule has 0 fully saturated rings. The summed E-state index contributed by atoms with van der Waals surface area (Å²) in [5, 5.41) is 0. The summed E-state index contributed by atoms with van der Waals surface area (Å²) in [4.78, 5) is 12.2. The first-order valence-corrected chi connectivity index (χ1v) is 3.58. The predicted octanol–water partition coefficient (Wildman–Crippen LogP) is 1.85. The SMILES string of the molecule is CCOC(=O)/C(C)=C\Br. The van der Waals surface area contributed by atoms with Crippen molar-refractivity contribution >= 4 is 21.9 Å². The van der Waals surface area contributed by atoms with Gasteiger partial charge in [-0.25, -0.2) is 4.79 Å². The zero-order valence-corrected chi connectivity index (χ0v) is 7.06. The Morgan fingerprint density at radius 3 is 2.67 bits per heavy atom. The molecule has 0 aromatic carbocycles. The summed E-state index contributed by atoms with van der Waals surface area (Å²) in [6.45, 7) is 3.89. The summed E-state index contributed by atoms with van der Waals surface area (Å²) < 4.78 is 4.66. The molecule has 0 spiro atoms. The Kier molecular flexibility index (Phi) is 4.40. The third-order valence-corrected chi connectivity index (χ3v) is 1.45. The van der Waals surface area contributed by atoms with Crippen molar-refractivity contribution in [3.8, 4) is 0 Å². The van der Waals surface area contributed by atoms with Crippen LogP contribution in [0.15, 0.2) is 10.6 Å². The topological polar surface area (TPSA) is 26.3 Å². The number of ether oxygens (including phenoxy) is 1. The van der Waals surface area contributed by atoms with Crippen LogP contribution in [0, 0.1) is 0 Å². The maximum absolute atomic E-state index is 10.7. The summed E-state index contributed by atoms with van der Waals surface area (Å²) in [7, 11) is 0. The van der Waals surface area contributed by atoms with Crippen LogP contribution in [0.5, 0.6) is 0 Å². The molecule has 0 aliphatic carbocycles. The molecule has 0 saturated carbocycles. The van der Waals surface area contributed by atoms with Gasteiger partial charge in [-0.15, -0.1) is 0 Å². The molecule has 2 nitrogen and oxygen atoms in total. The van der Waals surface area contributed by atoms with Gasteiger partial charge >= 0.3 is 5.97 Å². The molecular formula is C6H9BrO2. The molecule has 0 aliphatic rings. The summed E-state index contributed by atoms with van der Waals surface area (Å²) in [5.41, 5.74) is 0.580. The highest BCUT2D eigenvalue weighted by Gasteiger charge is 2.01. The summed E-state index contributed by atoms with van der Waals surface area (Å²) in [6, 6.07) is 0. The number of carbonyl (C=O) groups is 1. The van der Waals surface area contributed by atoms with Crippen LogP contribution in [0.3, 0.4) is 0 Å². The van der Waals surface area contributed by atoms with Crippen molar-refractivity contribution in [2.45, 2.75) is 13.8 Å². The molecule has 0 bridgehead atoms. The smallest absolute Gasteiger partial charge is 0.334 e. The summed E-state index contributed by atoms with van der Waals surface area (Å²) >= 11 is 3.02. The highest BCUT2D eigenvalue weighted by atomic mass is 79.9. The van der Waals surface area contributed by atoms with E-state index in [-0.39, 0.29) is 5.97 Å². The van der Waals surface area contributed by atoms with Crippen LogP contribution >= 0.6 is 15.9 Å². The molecule has 52 valence electrons. The molecule has 0 unspecified atom stereocenters. The van der Waals surface area contributed by atoms with E-state index in [1.54, 1.807) is 18.8 Å². The van der Waals surface area contributed by atoms with Crippen LogP contribution in [-0.2, 0) is 9.53 Å². The first-order valence-electron chi connectivity index (χ1n) is 2.66. The van der Waals surface area contributed by atoms with Crippen LogP contribution < -0.4 is 0 Å². The lowest BCUT2D eigenvalue weighted by Gasteiger charge is -1.97. The van der Waals surface area contributed by atoms with Crippen LogP contribution in [0.25, 0.3) is 0 Å². The van der Waals surface area contributed by atoms with Gasteiger partial charge in [-0.05, 0) is 18.8 Å². The minimum absolute atomic E-state index is 0.269. The minimum Gasteiger partial charge on any atom is -0.463 e. The van der Waals surface area contributed by atoms with E-state index in [0.29, 0.717) is 12.2 Å². The second kappa shape index (κ2) is 4.56. The largest absolute Gasteiger partial charge is 0.463 e. The molecule has 0 N–H and O–H groups in total. The average Bonchev–Trinajstić information content (AvgIpc) is 1.87. The highest BCUT2D eigenvalue weighted by Crippen LogP contribution is 1.99. The maximum Gasteiger partial charge on any atom is 0.334 e. The first-order chi connectivity index (χ1) is 4.22. The second-order valence-electron chi connectivity index (χ2n) is 1.51. The molecule has 0 amide bonds. The number of rotatable bonds is 2. The second-order valence-corrected chi connectivity index (χ2v) is 1.97. The third-order valence-electron chi connectivity index (χ3n) is 0.761. The number of carbonyl (C=O) groups excluding carboxylic acids is 1. The fourth-order valence-electron chi connectivity index (χ4n) is 0.289. The molecule has 0 radical (unpaired) electrons. The van der Waals surface area contributed by atoms with Gasteiger partial charge in [-0.1, -0.05) is 15.9 Å². The van der Waals surface area contributed by atoms with Crippen molar-refractivity contribution in [3.63, 3.8) is 0 Å². The van der Waals surface area contributed by atoms with Crippen molar-refractivity contribution in [2.75, 3.05) is 6.61 Å². The average molecular weight is 193 g/mol. The molecule has 0 rings (SSSR count). The number of hydrogen-bond acceptors (Lipinski definition) is 2. The molecule has 3 heteroatoms. The molecule has 0 atom stereocenters. The highest BCUT2D eigenvalue weighted by molar-refractivity contribution is 9.11. The summed E-state index contributed by atoms with van der Waals surface area (Å²) in [6.07, 6.45) is 0. The van der Waals surface area contributed by atoms with E-state index in [1.807, 2.05) is 0 Å². The molecule has 0 aromatic heterocycles. The fraction of sp³-hybridized carbons (Fsp3) is 0.500. The van der Waals surface area contributed by atoms with Crippen molar-refractivity contribution in [1.29, 1.82) is 0 Å². The normalized spacial score (nSPS) is 11.2. The molecule has 0 heterocycles. The molecule has 0 saturated heterocycles. The zero-order valence-electron chi connectivity index (χ0n) is 5.48. The van der Waals surface area contributed by atoms with Gasteiger partial charge in [0, 0.05) is 5.57 Å². The number of hydrogen-bond donors (Lipinski definition) is 0. The van der Waals surface area contributed by atoms with Gasteiger partial charge in [0.25, 0.3) is 0 Å². The van der Waals surface area contributed by atoms with Crippen LogP contribution in [0.2, 0.25) is 0 Å². The van der Waals surface area contributed by atoms with E-state index in [1.165, 1.54) is 0 Å². The fourth-order valence-corrected chi connectivity index (χ4v) is 0.476. The Morgan fingerprint density at radius 1 is 1.78 bits per heavy atom. The van der Waals surface area contributed by atoms with Gasteiger partial charge in [-0.2, -0.15) is 0 Å². The lowest BCUT2D eigenvalue weighted by molar-refractivity contribution is -0.138. The van der Waals surface area contributed by atoms with Crippen molar-refractivity contribution < 1.29 is 9.53 Å². The van der Waals surface area contributed by atoms with Gasteiger partial charge in [0.15, 0.2) is 0 Å². The Bertz CT molecular complexity index is 129. The Labute approximate surface area is 63.0 Å². The van der Waals surface area contributed by atoms with Crippen molar-refractivity contribution in [2.24, 2.45) is 0 Å². The molecule has 0 aliphatic heterocycles. The Balaban J connectivity index is 3.74. The molecule has 9 heavy (non-hydrogen) atoms. The van der Waals surface area contributed by atoms with Gasteiger partial charge in [-0.3, -0.25) is 0 Å². The predicted molar refractivity (Wildman–Crippen MR) is 39.3 cm³/mol. The maximum atomic E-state index is 10.7. The van der Waals surface area contributed by atoms with E-state index in [9.17, 15) is 4.79 Å². The Hall–Kier alpha value is -0.310. The van der Waals surface area contributed by atoms with E-state index < -0.39 is 0 Å². The van der Waals surface area contributed by atoms with E-state index in [2.05, 4.69) is 20.7 Å². The van der Waals surface area contributed by atoms with Gasteiger partial charge in [0.05, 0.1) is 6.61 Å². The standard InChI is InChI=1S/C6H9BrO2/c1-3-9-6(8)5(2)4-7/h4H,3H2,1-2H3/b5-4-. The van der Waals surface area contributed by atoms with Gasteiger partial charge in [0.2, 0.25) is 0 Å². The van der Waals surface area contributed by atoms with Crippen LogP contribution in [0.4, 0.5) is 0 Å². The monoisotopic (exact) mass is 192 g/mol. The van der Waals surface area contributed by atoms with E-state index in [4.69, 9.17) is 0 Å². The van der Waals surface area contributed by atoms with Crippen molar-refractivity contribution in [1.82, 2.24) is 0 Å². The lowest BCUT2D eigenvalue weighted by Crippen LogP contribution is -2.03. The zero-order chi connectivity index (χ0) is 7.28. The van der Waals surface area contributed by atoms with E-state index in [0.717, 1.165) is 0 Å². The Morgan fingerprint density at radius 2 is 2.33 bits per heavy atom. The third kappa shape index (κ3) is 3.30. The minimum atomic E-state index is -0.269. The number of halogens is 1. The van der Waals surface area contributed by atoms with Crippen LogP contribution in [-0.4, -0.2) is 12.6 Å². The van der Waals surface area contributed by atoms with Crippen molar-refractivity contribution in [3.05, 3.63) is 10.6 Å². The number of esters is 1. The van der Waals surface area contributed by atoms with Gasteiger partial charge in [0.1, 0.15) is 0 Å². The quantitative estimate of drug-likeness (QED) is 0.494. The summed E-state index contributed by atoms with van der Waals surface area (Å²) in [5.74, 6) is -0.269. The lowest BCUT2D eigenvalue weighted by atomic mass is 10.4. The van der Waals surface area contributed by atoms with Crippen LogP contribution in [0.1, 0.15) is 13.8 Å². The molecular weight excluding hydrogens is 184 g/mol. The van der Waals surface area contributed by atoms with Gasteiger partial charge < -0.3 is 4.74 Å².